The first-order valence-electron chi connectivity index (χ1n) is 7.62. The summed E-state index contributed by atoms with van der Waals surface area (Å²) in [6.45, 7) is 11.8. The van der Waals surface area contributed by atoms with Crippen molar-refractivity contribution in [1.29, 1.82) is 0 Å². The molecule has 0 aromatic rings. The predicted molar refractivity (Wildman–Crippen MR) is 80.3 cm³/mol. The second-order valence-electron chi connectivity index (χ2n) is 6.50. The summed E-state index contributed by atoms with van der Waals surface area (Å²) in [5, 5.41) is 9.73. The Labute approximate surface area is 127 Å². The van der Waals surface area contributed by atoms with Crippen LogP contribution in [-0.4, -0.2) is 64.3 Å². The van der Waals surface area contributed by atoms with Crippen molar-refractivity contribution in [2.75, 3.05) is 26.2 Å². The summed E-state index contributed by atoms with van der Waals surface area (Å²) in [5.74, 6) is -0.939. The highest BCUT2D eigenvalue weighted by Gasteiger charge is 2.49. The molecule has 1 aliphatic heterocycles. The molecule has 1 amide bonds. The standard InChI is InChI=1S/C15H28N2O4/c1-6-16-10-8-15(9-11-16,12(18)19)17(7-2)13(20)21-14(3,4)5/h6-11H2,1-5H3,(H,18,19). The molecule has 0 aliphatic carbocycles. The van der Waals surface area contributed by atoms with Crippen LogP contribution < -0.4 is 0 Å². The van der Waals surface area contributed by atoms with Crippen LogP contribution in [-0.2, 0) is 9.53 Å². The first kappa shape index (κ1) is 17.8. The molecule has 1 N–H and O–H groups in total. The minimum Gasteiger partial charge on any atom is -0.479 e. The molecule has 0 atom stereocenters. The van der Waals surface area contributed by atoms with E-state index in [0.717, 1.165) is 6.54 Å². The Morgan fingerprint density at radius 3 is 2.10 bits per heavy atom. The molecular formula is C15H28N2O4. The number of piperidine rings is 1. The minimum absolute atomic E-state index is 0.327. The molecule has 21 heavy (non-hydrogen) atoms. The van der Waals surface area contributed by atoms with E-state index in [1.807, 2.05) is 0 Å². The molecule has 1 rings (SSSR count). The Hall–Kier alpha value is -1.30. The van der Waals surface area contributed by atoms with Gasteiger partial charge in [0.15, 0.2) is 0 Å². The van der Waals surface area contributed by atoms with Crippen LogP contribution in [0.4, 0.5) is 4.79 Å². The van der Waals surface area contributed by atoms with E-state index in [9.17, 15) is 14.7 Å². The lowest BCUT2D eigenvalue weighted by Gasteiger charge is -2.45. The van der Waals surface area contributed by atoms with Gasteiger partial charge in [0.25, 0.3) is 0 Å². The molecular weight excluding hydrogens is 272 g/mol. The van der Waals surface area contributed by atoms with Gasteiger partial charge in [-0.15, -0.1) is 0 Å². The lowest BCUT2D eigenvalue weighted by atomic mass is 9.85. The first-order valence-corrected chi connectivity index (χ1v) is 7.62. The van der Waals surface area contributed by atoms with Crippen LogP contribution in [0.25, 0.3) is 0 Å². The van der Waals surface area contributed by atoms with Gasteiger partial charge in [-0.2, -0.15) is 0 Å². The zero-order valence-corrected chi connectivity index (χ0v) is 13.8. The molecule has 0 radical (unpaired) electrons. The maximum Gasteiger partial charge on any atom is 0.411 e. The maximum atomic E-state index is 12.4. The molecule has 0 saturated carbocycles. The van der Waals surface area contributed by atoms with E-state index in [1.165, 1.54) is 4.90 Å². The molecule has 0 aromatic carbocycles. The molecule has 0 unspecified atom stereocenters. The second kappa shape index (κ2) is 6.64. The maximum absolute atomic E-state index is 12.4. The Balaban J connectivity index is 2.97. The van der Waals surface area contributed by atoms with Gasteiger partial charge in [0, 0.05) is 19.6 Å². The van der Waals surface area contributed by atoms with E-state index >= 15 is 0 Å². The highest BCUT2D eigenvalue weighted by Crippen LogP contribution is 2.31. The molecule has 6 nitrogen and oxygen atoms in total. The third-order valence-corrected chi connectivity index (χ3v) is 3.98. The van der Waals surface area contributed by atoms with Gasteiger partial charge in [0.2, 0.25) is 0 Å². The zero-order chi connectivity index (χ0) is 16.3. The third kappa shape index (κ3) is 4.09. The summed E-state index contributed by atoms with van der Waals surface area (Å²) in [4.78, 5) is 27.8. The number of ether oxygens (including phenoxy) is 1. The fourth-order valence-electron chi connectivity index (χ4n) is 2.76. The van der Waals surface area contributed by atoms with Gasteiger partial charge in [-0.25, -0.2) is 9.59 Å². The van der Waals surface area contributed by atoms with Gasteiger partial charge < -0.3 is 14.7 Å². The summed E-state index contributed by atoms with van der Waals surface area (Å²) >= 11 is 0. The summed E-state index contributed by atoms with van der Waals surface area (Å²) in [7, 11) is 0. The van der Waals surface area contributed by atoms with Crippen molar-refractivity contribution >= 4 is 12.1 Å². The number of carbonyl (C=O) groups excluding carboxylic acids is 1. The second-order valence-corrected chi connectivity index (χ2v) is 6.50. The van der Waals surface area contributed by atoms with Gasteiger partial charge in [0.1, 0.15) is 11.1 Å². The number of carboxylic acid groups (broad SMARTS) is 1. The summed E-state index contributed by atoms with van der Waals surface area (Å²) in [5.41, 5.74) is -1.78. The number of likely N-dealkylation sites (N-methyl/N-ethyl adjacent to an activating group) is 1. The van der Waals surface area contributed by atoms with E-state index in [-0.39, 0.29) is 0 Å². The fraction of sp³-hybridized carbons (Fsp3) is 0.867. The number of hydrogen-bond acceptors (Lipinski definition) is 4. The van der Waals surface area contributed by atoms with Crippen molar-refractivity contribution in [3.63, 3.8) is 0 Å². The molecule has 0 spiro atoms. The summed E-state index contributed by atoms with van der Waals surface area (Å²) in [6, 6.07) is 0. The molecule has 1 heterocycles. The van der Waals surface area contributed by atoms with Crippen LogP contribution in [0.15, 0.2) is 0 Å². The first-order chi connectivity index (χ1) is 9.66. The number of hydrogen-bond donors (Lipinski definition) is 1. The van der Waals surface area contributed by atoms with E-state index in [0.29, 0.717) is 32.5 Å². The van der Waals surface area contributed by atoms with Crippen molar-refractivity contribution in [2.45, 2.75) is 58.6 Å². The lowest BCUT2D eigenvalue weighted by Crippen LogP contribution is -2.62. The quantitative estimate of drug-likeness (QED) is 0.861. The van der Waals surface area contributed by atoms with E-state index in [1.54, 1.807) is 27.7 Å². The number of amides is 1. The molecule has 0 bridgehead atoms. The Morgan fingerprint density at radius 1 is 1.24 bits per heavy atom. The monoisotopic (exact) mass is 300 g/mol. The lowest BCUT2D eigenvalue weighted by molar-refractivity contribution is -0.154. The van der Waals surface area contributed by atoms with E-state index in [2.05, 4.69) is 11.8 Å². The molecule has 1 fully saturated rings. The van der Waals surface area contributed by atoms with Gasteiger partial charge in [0.05, 0.1) is 0 Å². The third-order valence-electron chi connectivity index (χ3n) is 3.98. The summed E-state index contributed by atoms with van der Waals surface area (Å²) in [6.07, 6.45) is 0.323. The summed E-state index contributed by atoms with van der Waals surface area (Å²) < 4.78 is 5.38. The Kier molecular flexibility index (Phi) is 5.61. The van der Waals surface area contributed by atoms with E-state index < -0.39 is 23.2 Å². The number of aliphatic carboxylic acids is 1. The van der Waals surface area contributed by atoms with Crippen molar-refractivity contribution in [2.24, 2.45) is 0 Å². The normalized spacial score (nSPS) is 19.1. The minimum atomic E-state index is -1.15. The molecule has 122 valence electrons. The zero-order valence-electron chi connectivity index (χ0n) is 13.8. The van der Waals surface area contributed by atoms with Gasteiger partial charge >= 0.3 is 12.1 Å². The highest BCUT2D eigenvalue weighted by molar-refractivity contribution is 5.84. The Morgan fingerprint density at radius 2 is 1.76 bits per heavy atom. The van der Waals surface area contributed by atoms with Crippen molar-refractivity contribution < 1.29 is 19.4 Å². The van der Waals surface area contributed by atoms with Gasteiger partial charge in [-0.1, -0.05) is 6.92 Å². The highest BCUT2D eigenvalue weighted by atomic mass is 16.6. The smallest absolute Gasteiger partial charge is 0.411 e. The van der Waals surface area contributed by atoms with Crippen LogP contribution in [0.1, 0.15) is 47.5 Å². The van der Waals surface area contributed by atoms with Gasteiger partial charge in [-0.3, -0.25) is 4.90 Å². The number of carboxylic acids is 1. The van der Waals surface area contributed by atoms with Crippen LogP contribution >= 0.6 is 0 Å². The number of nitrogens with zero attached hydrogens (tertiary/aromatic N) is 2. The Bertz CT molecular complexity index is 382. The largest absolute Gasteiger partial charge is 0.479 e. The SMILES string of the molecule is CCN1CCC(C(=O)O)(N(CC)C(=O)OC(C)(C)C)CC1. The number of likely N-dealkylation sites (tertiary alicyclic amines) is 1. The van der Waals surface area contributed by atoms with E-state index in [4.69, 9.17) is 4.74 Å². The molecule has 6 heteroatoms. The molecule has 1 aliphatic rings. The van der Waals surface area contributed by atoms with Crippen molar-refractivity contribution in [3.8, 4) is 0 Å². The molecule has 0 aromatic heterocycles. The van der Waals surface area contributed by atoms with Crippen molar-refractivity contribution in [3.05, 3.63) is 0 Å². The fourth-order valence-corrected chi connectivity index (χ4v) is 2.76. The number of rotatable bonds is 4. The van der Waals surface area contributed by atoms with Gasteiger partial charge in [-0.05, 0) is 47.1 Å². The number of carbonyl (C=O) groups is 2. The van der Waals surface area contributed by atoms with Crippen LogP contribution in [0.5, 0.6) is 0 Å². The topological polar surface area (TPSA) is 70.1 Å². The van der Waals surface area contributed by atoms with Crippen LogP contribution in [0.2, 0.25) is 0 Å². The average molecular weight is 300 g/mol. The van der Waals surface area contributed by atoms with Crippen molar-refractivity contribution in [1.82, 2.24) is 9.80 Å². The molecule has 1 saturated heterocycles. The average Bonchev–Trinajstić information content (AvgIpc) is 2.37. The predicted octanol–water partition coefficient (Wildman–Crippen LogP) is 2.18. The van der Waals surface area contributed by atoms with Crippen LogP contribution in [0, 0.1) is 0 Å². The van der Waals surface area contributed by atoms with Crippen LogP contribution in [0.3, 0.4) is 0 Å².